The average molecular weight is 251 g/mol. The van der Waals surface area contributed by atoms with Gasteiger partial charge in [-0.25, -0.2) is 4.98 Å². The highest BCUT2D eigenvalue weighted by atomic mass is 79.9. The Hall–Kier alpha value is -1.09. The summed E-state index contributed by atoms with van der Waals surface area (Å²) in [5.41, 5.74) is 4.80. The third-order valence-corrected chi connectivity index (χ3v) is 2.75. The molecule has 0 bridgehead atoms. The Morgan fingerprint density at radius 2 is 2.07 bits per heavy atom. The lowest BCUT2D eigenvalue weighted by molar-refractivity contribution is 1.22. The van der Waals surface area contributed by atoms with E-state index in [4.69, 9.17) is 0 Å². The Bertz CT molecular complexity index is 441. The maximum Gasteiger partial charge on any atom is 0.106 e. The predicted molar refractivity (Wildman–Crippen MR) is 61.2 cm³/mol. The predicted octanol–water partition coefficient (Wildman–Crippen LogP) is 3.46. The summed E-state index contributed by atoms with van der Waals surface area (Å²) in [4.78, 5) is 7.44. The molecule has 0 saturated carbocycles. The van der Waals surface area contributed by atoms with Crippen LogP contribution in [-0.2, 0) is 0 Å². The van der Waals surface area contributed by atoms with Gasteiger partial charge in [-0.15, -0.1) is 0 Å². The van der Waals surface area contributed by atoms with Crippen LogP contribution in [0.25, 0.3) is 11.3 Å². The van der Waals surface area contributed by atoms with Crippen LogP contribution in [0, 0.1) is 13.8 Å². The molecule has 14 heavy (non-hydrogen) atoms. The molecule has 0 saturated heterocycles. The first-order valence-corrected chi connectivity index (χ1v) is 5.24. The van der Waals surface area contributed by atoms with Crippen molar-refractivity contribution in [2.45, 2.75) is 13.8 Å². The number of aromatic nitrogens is 2. The van der Waals surface area contributed by atoms with E-state index in [1.165, 1.54) is 11.3 Å². The summed E-state index contributed by atoms with van der Waals surface area (Å²) in [5, 5.41) is 0. The number of hydrogen-bond acceptors (Lipinski definition) is 1. The molecule has 1 N–H and O–H groups in total. The quantitative estimate of drug-likeness (QED) is 0.772. The van der Waals surface area contributed by atoms with Gasteiger partial charge in [-0.1, -0.05) is 0 Å². The molecule has 0 unspecified atom stereocenters. The number of H-pyrrole nitrogens is 1. The normalized spacial score (nSPS) is 10.5. The van der Waals surface area contributed by atoms with Crippen LogP contribution in [0.3, 0.4) is 0 Å². The number of rotatable bonds is 1. The van der Waals surface area contributed by atoms with Gasteiger partial charge in [0.05, 0.1) is 0 Å². The zero-order valence-corrected chi connectivity index (χ0v) is 9.72. The van der Waals surface area contributed by atoms with E-state index in [0.717, 1.165) is 15.9 Å². The lowest BCUT2D eigenvalue weighted by Crippen LogP contribution is -1.80. The molecular formula is C11H11BrN2. The number of pyridine rings is 1. The Morgan fingerprint density at radius 1 is 1.29 bits per heavy atom. The van der Waals surface area contributed by atoms with Gasteiger partial charge in [0.2, 0.25) is 0 Å². The van der Waals surface area contributed by atoms with Gasteiger partial charge in [0.1, 0.15) is 4.60 Å². The first-order chi connectivity index (χ1) is 6.66. The fraction of sp³-hybridized carbons (Fsp3) is 0.182. The van der Waals surface area contributed by atoms with Gasteiger partial charge in [0.25, 0.3) is 0 Å². The zero-order valence-electron chi connectivity index (χ0n) is 8.13. The van der Waals surface area contributed by atoms with Crippen molar-refractivity contribution in [3.63, 3.8) is 0 Å². The molecule has 0 aliphatic rings. The van der Waals surface area contributed by atoms with E-state index < -0.39 is 0 Å². The van der Waals surface area contributed by atoms with E-state index >= 15 is 0 Å². The van der Waals surface area contributed by atoms with Crippen molar-refractivity contribution in [2.75, 3.05) is 0 Å². The van der Waals surface area contributed by atoms with Crippen LogP contribution in [0.1, 0.15) is 11.3 Å². The second-order valence-corrected chi connectivity index (χ2v) is 4.17. The number of nitrogens with one attached hydrogen (secondary N) is 1. The van der Waals surface area contributed by atoms with E-state index in [0.29, 0.717) is 0 Å². The summed E-state index contributed by atoms with van der Waals surface area (Å²) in [7, 11) is 0. The maximum atomic E-state index is 4.10. The first-order valence-electron chi connectivity index (χ1n) is 4.45. The molecule has 2 aromatic heterocycles. The van der Waals surface area contributed by atoms with Gasteiger partial charge >= 0.3 is 0 Å². The SMILES string of the molecule is Cc1cc(-c2ccnc(Br)c2)[nH]c1C. The molecule has 0 amide bonds. The third-order valence-electron chi connectivity index (χ3n) is 2.31. The molecule has 72 valence electrons. The molecule has 2 heterocycles. The van der Waals surface area contributed by atoms with Crippen molar-refractivity contribution in [2.24, 2.45) is 0 Å². The van der Waals surface area contributed by atoms with Gasteiger partial charge in [-0.3, -0.25) is 0 Å². The van der Waals surface area contributed by atoms with Crippen LogP contribution in [0.15, 0.2) is 29.0 Å². The second kappa shape index (κ2) is 3.58. The summed E-state index contributed by atoms with van der Waals surface area (Å²) in [6, 6.07) is 6.15. The lowest BCUT2D eigenvalue weighted by Gasteiger charge is -1.97. The van der Waals surface area contributed by atoms with Crippen LogP contribution < -0.4 is 0 Å². The molecule has 0 aromatic carbocycles. The Balaban J connectivity index is 2.49. The van der Waals surface area contributed by atoms with Crippen molar-refractivity contribution >= 4 is 15.9 Å². The molecule has 0 atom stereocenters. The van der Waals surface area contributed by atoms with Crippen LogP contribution in [0.4, 0.5) is 0 Å². The summed E-state index contributed by atoms with van der Waals surface area (Å²) in [5.74, 6) is 0. The van der Waals surface area contributed by atoms with E-state index in [9.17, 15) is 0 Å². The Kier molecular flexibility index (Phi) is 2.42. The van der Waals surface area contributed by atoms with Gasteiger partial charge in [-0.2, -0.15) is 0 Å². The van der Waals surface area contributed by atoms with Crippen molar-refractivity contribution in [1.82, 2.24) is 9.97 Å². The van der Waals surface area contributed by atoms with Crippen molar-refractivity contribution in [1.29, 1.82) is 0 Å². The van der Waals surface area contributed by atoms with E-state index in [2.05, 4.69) is 45.8 Å². The molecule has 0 radical (unpaired) electrons. The van der Waals surface area contributed by atoms with Gasteiger partial charge in [0, 0.05) is 23.1 Å². The van der Waals surface area contributed by atoms with E-state index in [-0.39, 0.29) is 0 Å². The maximum absolute atomic E-state index is 4.10. The number of aromatic amines is 1. The minimum Gasteiger partial charge on any atom is -0.358 e. The molecular weight excluding hydrogens is 240 g/mol. The number of halogens is 1. The molecule has 0 spiro atoms. The average Bonchev–Trinajstić information content (AvgIpc) is 2.47. The van der Waals surface area contributed by atoms with Crippen LogP contribution in [0.5, 0.6) is 0 Å². The molecule has 2 nitrogen and oxygen atoms in total. The smallest absolute Gasteiger partial charge is 0.106 e. The Morgan fingerprint density at radius 3 is 2.64 bits per heavy atom. The van der Waals surface area contributed by atoms with Crippen molar-refractivity contribution in [3.8, 4) is 11.3 Å². The van der Waals surface area contributed by atoms with E-state index in [1.54, 1.807) is 6.20 Å². The summed E-state index contributed by atoms with van der Waals surface area (Å²) in [6.45, 7) is 4.18. The highest BCUT2D eigenvalue weighted by molar-refractivity contribution is 9.10. The Labute approximate surface area is 91.5 Å². The monoisotopic (exact) mass is 250 g/mol. The fourth-order valence-corrected chi connectivity index (χ4v) is 1.75. The van der Waals surface area contributed by atoms with Crippen LogP contribution in [0.2, 0.25) is 0 Å². The molecule has 2 rings (SSSR count). The fourth-order valence-electron chi connectivity index (χ4n) is 1.39. The highest BCUT2D eigenvalue weighted by Crippen LogP contribution is 2.22. The van der Waals surface area contributed by atoms with Crippen LogP contribution >= 0.6 is 15.9 Å². The molecule has 2 aromatic rings. The largest absolute Gasteiger partial charge is 0.358 e. The molecule has 3 heteroatoms. The minimum atomic E-state index is 0.861. The first kappa shape index (κ1) is 9.46. The third kappa shape index (κ3) is 1.73. The number of aryl methyl sites for hydroxylation is 2. The summed E-state index contributed by atoms with van der Waals surface area (Å²) in [6.07, 6.45) is 1.80. The lowest BCUT2D eigenvalue weighted by atomic mass is 10.2. The topological polar surface area (TPSA) is 28.7 Å². The molecule has 0 fully saturated rings. The molecule has 0 aliphatic heterocycles. The van der Waals surface area contributed by atoms with E-state index in [1.807, 2.05) is 12.1 Å². The highest BCUT2D eigenvalue weighted by Gasteiger charge is 2.03. The van der Waals surface area contributed by atoms with Gasteiger partial charge in [-0.05, 0) is 53.5 Å². The van der Waals surface area contributed by atoms with Crippen molar-refractivity contribution in [3.05, 3.63) is 40.3 Å². The minimum absolute atomic E-state index is 0.861. The number of hydrogen-bond donors (Lipinski definition) is 1. The second-order valence-electron chi connectivity index (χ2n) is 3.36. The number of nitrogens with zero attached hydrogens (tertiary/aromatic N) is 1. The molecule has 0 aliphatic carbocycles. The zero-order chi connectivity index (χ0) is 10.1. The van der Waals surface area contributed by atoms with Crippen molar-refractivity contribution < 1.29 is 0 Å². The van der Waals surface area contributed by atoms with Gasteiger partial charge < -0.3 is 4.98 Å². The van der Waals surface area contributed by atoms with Gasteiger partial charge in [0.15, 0.2) is 0 Å². The summed E-state index contributed by atoms with van der Waals surface area (Å²) < 4.78 is 0.861. The summed E-state index contributed by atoms with van der Waals surface area (Å²) >= 11 is 3.36. The van der Waals surface area contributed by atoms with Crippen LogP contribution in [-0.4, -0.2) is 9.97 Å². The standard InChI is InChI=1S/C11H11BrN2/c1-7-5-10(14-8(7)2)9-3-4-13-11(12)6-9/h3-6,14H,1-2H3.